The van der Waals surface area contributed by atoms with Crippen LogP contribution in [0.4, 0.5) is 0 Å². The Morgan fingerprint density at radius 2 is 1.46 bits per heavy atom. The van der Waals surface area contributed by atoms with E-state index in [4.69, 9.17) is 23.2 Å². The largest absolute Gasteiger partial charge is 0.310 e. The molecule has 5 unspecified atom stereocenters. The van der Waals surface area contributed by atoms with Crippen molar-refractivity contribution in [2.24, 2.45) is 17.3 Å². The maximum Gasteiger partial charge on any atom is 0.112 e. The normalized spacial score (nSPS) is 37.0. The molecular weight excluding hydrogens is 339 g/mol. The Morgan fingerprint density at radius 1 is 0.958 bits per heavy atom. The van der Waals surface area contributed by atoms with E-state index in [2.05, 4.69) is 66.0 Å². The third kappa shape index (κ3) is 4.81. The van der Waals surface area contributed by atoms with Crippen LogP contribution in [-0.4, -0.2) is 28.5 Å². The summed E-state index contributed by atoms with van der Waals surface area (Å²) >= 11 is 14.1. The Balaban J connectivity index is 3.32. The van der Waals surface area contributed by atoms with Gasteiger partial charge in [-0.1, -0.05) is 54.4 Å². The number of alkyl halides is 2. The van der Waals surface area contributed by atoms with Crippen LogP contribution >= 0.6 is 23.2 Å². The highest BCUT2D eigenvalue weighted by atomic mass is 35.5. The molecule has 0 aliphatic heterocycles. The zero-order chi connectivity index (χ0) is 18.7. The molecule has 0 heterocycles. The molecular formula is C20H40Cl2N2. The second-order valence-corrected chi connectivity index (χ2v) is 9.87. The maximum atomic E-state index is 7.20. The van der Waals surface area contributed by atoms with Crippen LogP contribution < -0.4 is 10.6 Å². The Bertz CT molecular complexity index is 376. The van der Waals surface area contributed by atoms with E-state index in [1.165, 1.54) is 12.8 Å². The lowest BCUT2D eigenvalue weighted by atomic mass is 9.56. The topological polar surface area (TPSA) is 24.1 Å². The van der Waals surface area contributed by atoms with Gasteiger partial charge in [-0.2, -0.15) is 0 Å². The molecule has 0 bridgehead atoms. The van der Waals surface area contributed by atoms with Crippen molar-refractivity contribution < 1.29 is 0 Å². The first kappa shape index (κ1) is 22.5. The first-order valence-corrected chi connectivity index (χ1v) is 10.7. The number of nitrogens with one attached hydrogen (secondary N) is 2. The highest BCUT2D eigenvalue weighted by molar-refractivity contribution is 6.32. The summed E-state index contributed by atoms with van der Waals surface area (Å²) in [6, 6.07) is 0.946. The van der Waals surface area contributed by atoms with Crippen LogP contribution in [0, 0.1) is 17.3 Å². The van der Waals surface area contributed by atoms with Gasteiger partial charge < -0.3 is 5.32 Å². The SMILES string of the molecule is CCC(C)C1(C(C)CC)CC(NC(C)C)C(Cl)C(Cl)(NC(C)C)C1. The average molecular weight is 379 g/mol. The minimum absolute atomic E-state index is 0.120. The summed E-state index contributed by atoms with van der Waals surface area (Å²) in [6.45, 7) is 18.1. The lowest BCUT2D eigenvalue weighted by molar-refractivity contribution is -0.00462. The molecule has 4 heteroatoms. The summed E-state index contributed by atoms with van der Waals surface area (Å²) in [5.74, 6) is 1.25. The van der Waals surface area contributed by atoms with Crippen molar-refractivity contribution in [2.45, 2.75) is 110 Å². The third-order valence-corrected chi connectivity index (χ3v) is 7.51. The van der Waals surface area contributed by atoms with E-state index in [1.807, 2.05) is 0 Å². The zero-order valence-electron chi connectivity index (χ0n) is 17.0. The van der Waals surface area contributed by atoms with Crippen LogP contribution in [-0.2, 0) is 0 Å². The Hall–Kier alpha value is 0.500. The second kappa shape index (κ2) is 8.93. The van der Waals surface area contributed by atoms with E-state index in [0.29, 0.717) is 23.9 Å². The van der Waals surface area contributed by atoms with Crippen LogP contribution in [0.2, 0.25) is 0 Å². The molecule has 0 aromatic rings. The van der Waals surface area contributed by atoms with Gasteiger partial charge in [0.2, 0.25) is 0 Å². The molecule has 0 amide bonds. The molecule has 2 nitrogen and oxygen atoms in total. The molecule has 1 aliphatic rings. The van der Waals surface area contributed by atoms with Crippen molar-refractivity contribution in [1.29, 1.82) is 0 Å². The van der Waals surface area contributed by atoms with Crippen molar-refractivity contribution in [3.63, 3.8) is 0 Å². The summed E-state index contributed by atoms with van der Waals surface area (Å²) in [5, 5.41) is 7.21. The van der Waals surface area contributed by atoms with Crippen LogP contribution in [0.3, 0.4) is 0 Å². The molecule has 5 atom stereocenters. The molecule has 0 aromatic heterocycles. The van der Waals surface area contributed by atoms with Gasteiger partial charge in [0, 0.05) is 18.1 Å². The van der Waals surface area contributed by atoms with E-state index < -0.39 is 5.00 Å². The summed E-state index contributed by atoms with van der Waals surface area (Å²) in [6.07, 6.45) is 4.41. The standard InChI is InChI=1S/C20H40Cl2N2/c1-9-15(7)19(16(8)10-2)11-17(23-13(3)4)18(21)20(22,12-19)24-14(5)6/h13-18,23-24H,9-12H2,1-8H3. The average Bonchev–Trinajstić information content (AvgIpc) is 2.48. The molecule has 1 fully saturated rings. The van der Waals surface area contributed by atoms with Gasteiger partial charge in [0.05, 0.1) is 5.38 Å². The summed E-state index contributed by atoms with van der Waals surface area (Å²) in [4.78, 5) is -0.562. The highest BCUT2D eigenvalue weighted by Gasteiger charge is 2.56. The van der Waals surface area contributed by atoms with Crippen molar-refractivity contribution in [3.05, 3.63) is 0 Å². The molecule has 0 aromatic carbocycles. The molecule has 144 valence electrons. The van der Waals surface area contributed by atoms with Crippen molar-refractivity contribution in [2.75, 3.05) is 0 Å². The van der Waals surface area contributed by atoms with E-state index in [9.17, 15) is 0 Å². The van der Waals surface area contributed by atoms with Crippen molar-refractivity contribution in [1.82, 2.24) is 10.6 Å². The number of hydrogen-bond acceptors (Lipinski definition) is 2. The Kier molecular flexibility index (Phi) is 8.39. The van der Waals surface area contributed by atoms with Gasteiger partial charge in [0.25, 0.3) is 0 Å². The molecule has 0 radical (unpaired) electrons. The number of hydrogen-bond donors (Lipinski definition) is 2. The minimum atomic E-state index is -0.562. The first-order valence-electron chi connectivity index (χ1n) is 9.89. The summed E-state index contributed by atoms with van der Waals surface area (Å²) in [5.41, 5.74) is 0.213. The van der Waals surface area contributed by atoms with Crippen LogP contribution in [0.15, 0.2) is 0 Å². The fourth-order valence-corrected chi connectivity index (χ4v) is 5.63. The lowest BCUT2D eigenvalue weighted by Crippen LogP contribution is -2.66. The van der Waals surface area contributed by atoms with Crippen LogP contribution in [0.5, 0.6) is 0 Å². The van der Waals surface area contributed by atoms with Gasteiger partial charge in [-0.3, -0.25) is 5.32 Å². The molecule has 24 heavy (non-hydrogen) atoms. The quantitative estimate of drug-likeness (QED) is 0.413. The fourth-order valence-electron chi connectivity index (χ4n) is 4.71. The van der Waals surface area contributed by atoms with E-state index in [0.717, 1.165) is 12.8 Å². The second-order valence-electron chi connectivity index (χ2n) is 8.72. The summed E-state index contributed by atoms with van der Waals surface area (Å²) < 4.78 is 0. The molecule has 2 N–H and O–H groups in total. The fraction of sp³-hybridized carbons (Fsp3) is 1.00. The molecule has 1 saturated carbocycles. The highest BCUT2D eigenvalue weighted by Crippen LogP contribution is 2.55. The van der Waals surface area contributed by atoms with Gasteiger partial charge in [-0.05, 0) is 43.9 Å². The predicted molar refractivity (Wildman–Crippen MR) is 109 cm³/mol. The van der Waals surface area contributed by atoms with Gasteiger partial charge in [0.15, 0.2) is 0 Å². The van der Waals surface area contributed by atoms with Crippen molar-refractivity contribution >= 4 is 23.2 Å². The van der Waals surface area contributed by atoms with Crippen LogP contribution in [0.25, 0.3) is 0 Å². The molecule has 0 spiro atoms. The van der Waals surface area contributed by atoms with E-state index in [-0.39, 0.29) is 16.8 Å². The van der Waals surface area contributed by atoms with Crippen LogP contribution in [0.1, 0.15) is 81.1 Å². The van der Waals surface area contributed by atoms with Crippen molar-refractivity contribution in [3.8, 4) is 0 Å². The third-order valence-electron chi connectivity index (χ3n) is 6.24. The molecule has 0 saturated heterocycles. The monoisotopic (exact) mass is 378 g/mol. The first-order chi connectivity index (χ1) is 11.0. The smallest absolute Gasteiger partial charge is 0.112 e. The summed E-state index contributed by atoms with van der Waals surface area (Å²) in [7, 11) is 0. The molecule has 1 aliphatic carbocycles. The minimum Gasteiger partial charge on any atom is -0.310 e. The van der Waals surface area contributed by atoms with E-state index in [1.54, 1.807) is 0 Å². The Morgan fingerprint density at radius 3 is 1.83 bits per heavy atom. The zero-order valence-corrected chi connectivity index (χ0v) is 18.6. The van der Waals surface area contributed by atoms with Gasteiger partial charge in [-0.15, -0.1) is 23.2 Å². The van der Waals surface area contributed by atoms with E-state index >= 15 is 0 Å². The maximum absolute atomic E-state index is 7.20. The van der Waals surface area contributed by atoms with Gasteiger partial charge >= 0.3 is 0 Å². The Labute approximate surface area is 160 Å². The number of halogens is 2. The number of rotatable bonds is 8. The van der Waals surface area contributed by atoms with Gasteiger partial charge in [0.1, 0.15) is 5.00 Å². The predicted octanol–water partition coefficient (Wildman–Crippen LogP) is 5.77. The lowest BCUT2D eigenvalue weighted by Gasteiger charge is -2.57. The van der Waals surface area contributed by atoms with Gasteiger partial charge in [-0.25, -0.2) is 0 Å². The molecule has 1 rings (SSSR count).